The first-order valence-electron chi connectivity index (χ1n) is 6.17. The van der Waals surface area contributed by atoms with Gasteiger partial charge in [-0.15, -0.1) is 0 Å². The number of aromatic nitrogens is 2. The number of aryl methyl sites for hydroxylation is 1. The van der Waals surface area contributed by atoms with E-state index in [2.05, 4.69) is 20.9 Å². The van der Waals surface area contributed by atoms with Crippen molar-refractivity contribution in [2.24, 2.45) is 7.05 Å². The van der Waals surface area contributed by atoms with Crippen LogP contribution < -0.4 is 9.47 Å². The summed E-state index contributed by atoms with van der Waals surface area (Å²) in [5.74, 6) is 2.35. The van der Waals surface area contributed by atoms with Gasteiger partial charge in [-0.1, -0.05) is 27.5 Å². The van der Waals surface area contributed by atoms with Crippen molar-refractivity contribution in [1.82, 2.24) is 9.55 Å². The summed E-state index contributed by atoms with van der Waals surface area (Å²) in [7, 11) is 3.57. The number of ether oxygens (including phenoxy) is 2. The quantitative estimate of drug-likeness (QED) is 0.739. The predicted molar refractivity (Wildman–Crippen MR) is 83.0 cm³/mol. The van der Waals surface area contributed by atoms with Crippen LogP contribution >= 0.6 is 27.5 Å². The average Bonchev–Trinajstić information content (AvgIpc) is 2.85. The van der Waals surface area contributed by atoms with Crippen molar-refractivity contribution in [3.63, 3.8) is 0 Å². The van der Waals surface area contributed by atoms with Gasteiger partial charge < -0.3 is 14.0 Å². The minimum Gasteiger partial charge on any atom is -0.493 e. The Bertz CT molecular complexity index is 561. The molecule has 0 N–H and O–H groups in total. The minimum absolute atomic E-state index is 0.531. The number of nitrogens with zero attached hydrogens (tertiary/aromatic N) is 2. The van der Waals surface area contributed by atoms with Crippen molar-refractivity contribution < 1.29 is 9.47 Å². The second-order valence-electron chi connectivity index (χ2n) is 4.28. The van der Waals surface area contributed by atoms with E-state index in [0.717, 1.165) is 23.6 Å². The SMILES string of the molecule is COc1cc(Cl)cc(CBr)c1OCCc1nccn1C. The van der Waals surface area contributed by atoms with Crippen LogP contribution in [0.15, 0.2) is 24.5 Å². The summed E-state index contributed by atoms with van der Waals surface area (Å²) in [5.41, 5.74) is 0.967. The number of hydrogen-bond acceptors (Lipinski definition) is 3. The third-order valence-electron chi connectivity index (χ3n) is 2.95. The van der Waals surface area contributed by atoms with Crippen LogP contribution in [0.4, 0.5) is 0 Å². The summed E-state index contributed by atoms with van der Waals surface area (Å²) >= 11 is 9.48. The molecule has 0 aliphatic carbocycles. The van der Waals surface area contributed by atoms with Gasteiger partial charge in [0.25, 0.3) is 0 Å². The average molecular weight is 360 g/mol. The maximum absolute atomic E-state index is 6.05. The standard InChI is InChI=1S/C14H16BrClN2O2/c1-18-5-4-17-13(18)3-6-20-14-10(9-15)7-11(16)8-12(14)19-2/h4-5,7-8H,3,6,9H2,1-2H3. The Morgan fingerprint density at radius 1 is 1.40 bits per heavy atom. The number of benzene rings is 1. The van der Waals surface area contributed by atoms with Gasteiger partial charge in [0.15, 0.2) is 11.5 Å². The molecule has 4 nitrogen and oxygen atoms in total. The van der Waals surface area contributed by atoms with Crippen LogP contribution in [0.2, 0.25) is 5.02 Å². The molecule has 20 heavy (non-hydrogen) atoms. The van der Waals surface area contributed by atoms with E-state index in [4.69, 9.17) is 21.1 Å². The van der Waals surface area contributed by atoms with Gasteiger partial charge in [0.1, 0.15) is 5.82 Å². The molecule has 0 bridgehead atoms. The van der Waals surface area contributed by atoms with E-state index >= 15 is 0 Å². The third-order valence-corrected chi connectivity index (χ3v) is 3.78. The molecule has 0 unspecified atom stereocenters. The lowest BCUT2D eigenvalue weighted by molar-refractivity contribution is 0.292. The molecule has 0 spiro atoms. The van der Waals surface area contributed by atoms with E-state index in [1.165, 1.54) is 0 Å². The highest BCUT2D eigenvalue weighted by atomic mass is 79.9. The Hall–Kier alpha value is -1.20. The number of imidazole rings is 1. The molecule has 1 aromatic carbocycles. The van der Waals surface area contributed by atoms with Gasteiger partial charge in [0.2, 0.25) is 0 Å². The predicted octanol–water partition coefficient (Wildman–Crippen LogP) is 3.60. The molecule has 0 saturated heterocycles. The molecule has 0 amide bonds. The van der Waals surface area contributed by atoms with Gasteiger partial charge in [-0.05, 0) is 6.07 Å². The Kier molecular flexibility index (Phi) is 5.31. The molecule has 2 aromatic rings. The Balaban J connectivity index is 2.10. The molecule has 2 rings (SSSR count). The molecule has 0 aliphatic heterocycles. The lowest BCUT2D eigenvalue weighted by atomic mass is 10.2. The monoisotopic (exact) mass is 358 g/mol. The van der Waals surface area contributed by atoms with Crippen LogP contribution in [0, 0.1) is 0 Å². The van der Waals surface area contributed by atoms with E-state index < -0.39 is 0 Å². The zero-order valence-corrected chi connectivity index (χ0v) is 13.7. The van der Waals surface area contributed by atoms with E-state index in [1.54, 1.807) is 19.4 Å². The summed E-state index contributed by atoms with van der Waals surface area (Å²) in [6.07, 6.45) is 4.43. The normalized spacial score (nSPS) is 10.6. The first-order valence-corrected chi connectivity index (χ1v) is 7.67. The number of halogens is 2. The van der Waals surface area contributed by atoms with Crippen LogP contribution in [-0.2, 0) is 18.8 Å². The number of hydrogen-bond donors (Lipinski definition) is 0. The molecule has 0 atom stereocenters. The maximum Gasteiger partial charge on any atom is 0.165 e. The largest absolute Gasteiger partial charge is 0.493 e. The molecule has 0 radical (unpaired) electrons. The molecule has 0 aliphatic rings. The van der Waals surface area contributed by atoms with Crippen molar-refractivity contribution in [2.75, 3.05) is 13.7 Å². The van der Waals surface area contributed by atoms with Crippen LogP contribution in [0.1, 0.15) is 11.4 Å². The van der Waals surface area contributed by atoms with Gasteiger partial charge in [0.05, 0.1) is 13.7 Å². The number of rotatable bonds is 6. The Morgan fingerprint density at radius 2 is 2.20 bits per heavy atom. The van der Waals surface area contributed by atoms with Crippen molar-refractivity contribution in [2.45, 2.75) is 11.8 Å². The fourth-order valence-electron chi connectivity index (χ4n) is 1.92. The molecule has 108 valence electrons. The molecule has 0 fully saturated rings. The van der Waals surface area contributed by atoms with E-state index in [1.807, 2.05) is 23.9 Å². The van der Waals surface area contributed by atoms with E-state index in [0.29, 0.717) is 22.7 Å². The minimum atomic E-state index is 0.531. The first-order chi connectivity index (χ1) is 9.65. The smallest absolute Gasteiger partial charge is 0.165 e. The van der Waals surface area contributed by atoms with Crippen molar-refractivity contribution in [1.29, 1.82) is 0 Å². The molecule has 1 heterocycles. The topological polar surface area (TPSA) is 36.3 Å². The van der Waals surface area contributed by atoms with Crippen molar-refractivity contribution in [3.8, 4) is 11.5 Å². The maximum atomic E-state index is 6.05. The number of alkyl halides is 1. The second-order valence-corrected chi connectivity index (χ2v) is 5.28. The number of methoxy groups -OCH3 is 1. The Morgan fingerprint density at radius 3 is 2.80 bits per heavy atom. The summed E-state index contributed by atoms with van der Waals surface area (Å²) in [6, 6.07) is 3.62. The highest BCUT2D eigenvalue weighted by Crippen LogP contribution is 2.35. The molecular weight excluding hydrogens is 344 g/mol. The van der Waals surface area contributed by atoms with Gasteiger partial charge in [-0.3, -0.25) is 0 Å². The lowest BCUT2D eigenvalue weighted by Gasteiger charge is -2.14. The highest BCUT2D eigenvalue weighted by Gasteiger charge is 2.12. The van der Waals surface area contributed by atoms with Crippen molar-refractivity contribution >= 4 is 27.5 Å². The molecular formula is C14H16BrClN2O2. The molecule has 6 heteroatoms. The van der Waals surface area contributed by atoms with Crippen LogP contribution in [0.5, 0.6) is 11.5 Å². The summed E-state index contributed by atoms with van der Waals surface area (Å²) in [6.45, 7) is 0.531. The second kappa shape index (κ2) is 6.99. The Labute approximate surface area is 131 Å². The van der Waals surface area contributed by atoms with Crippen LogP contribution in [0.3, 0.4) is 0 Å². The summed E-state index contributed by atoms with van der Waals surface area (Å²) < 4.78 is 13.2. The summed E-state index contributed by atoms with van der Waals surface area (Å²) in [5, 5.41) is 1.29. The van der Waals surface area contributed by atoms with E-state index in [9.17, 15) is 0 Å². The fraction of sp³-hybridized carbons (Fsp3) is 0.357. The van der Waals surface area contributed by atoms with Crippen LogP contribution in [0.25, 0.3) is 0 Å². The van der Waals surface area contributed by atoms with E-state index in [-0.39, 0.29) is 0 Å². The van der Waals surface area contributed by atoms with Gasteiger partial charge in [-0.25, -0.2) is 4.98 Å². The lowest BCUT2D eigenvalue weighted by Crippen LogP contribution is -2.08. The van der Waals surface area contributed by atoms with Crippen LogP contribution in [-0.4, -0.2) is 23.3 Å². The first kappa shape index (κ1) is 15.2. The van der Waals surface area contributed by atoms with Gasteiger partial charge in [0, 0.05) is 47.8 Å². The zero-order valence-electron chi connectivity index (χ0n) is 11.4. The third kappa shape index (κ3) is 3.46. The zero-order chi connectivity index (χ0) is 14.5. The fourth-order valence-corrected chi connectivity index (χ4v) is 2.57. The van der Waals surface area contributed by atoms with Gasteiger partial charge in [-0.2, -0.15) is 0 Å². The summed E-state index contributed by atoms with van der Waals surface area (Å²) in [4.78, 5) is 4.27. The molecule has 0 saturated carbocycles. The van der Waals surface area contributed by atoms with Gasteiger partial charge >= 0.3 is 0 Å². The highest BCUT2D eigenvalue weighted by molar-refractivity contribution is 9.08. The van der Waals surface area contributed by atoms with Crippen molar-refractivity contribution in [3.05, 3.63) is 40.9 Å². The molecule has 1 aromatic heterocycles.